The molecule has 0 unspecified atom stereocenters. The molecular formula is C24H13BrFN5O. The number of rotatable bonds is 3. The van der Waals surface area contributed by atoms with Gasteiger partial charge in [0.1, 0.15) is 11.2 Å². The summed E-state index contributed by atoms with van der Waals surface area (Å²) in [7, 11) is 0. The lowest BCUT2D eigenvalue weighted by atomic mass is 10.1. The zero-order valence-corrected chi connectivity index (χ0v) is 18.0. The number of benzene rings is 3. The maximum atomic E-state index is 14.8. The maximum absolute atomic E-state index is 14.8. The number of nitrogens with zero attached hydrogens (tertiary/aromatic N) is 5. The average Bonchev–Trinajstić information content (AvgIpc) is 3.25. The molecule has 0 fully saturated rings. The molecule has 2 heterocycles. The molecule has 8 heteroatoms. The zero-order valence-electron chi connectivity index (χ0n) is 16.4. The number of aromatic nitrogens is 4. The van der Waals surface area contributed by atoms with Crippen LogP contribution in [0.4, 0.5) is 4.39 Å². The summed E-state index contributed by atoms with van der Waals surface area (Å²) in [6, 6.07) is 22.1. The van der Waals surface area contributed by atoms with Gasteiger partial charge in [0.05, 0.1) is 34.8 Å². The lowest BCUT2D eigenvalue weighted by Crippen LogP contribution is -2.22. The van der Waals surface area contributed by atoms with Crippen LogP contribution in [0.25, 0.3) is 33.8 Å². The third kappa shape index (κ3) is 3.29. The van der Waals surface area contributed by atoms with Crippen LogP contribution in [0.1, 0.15) is 5.56 Å². The van der Waals surface area contributed by atoms with E-state index in [1.807, 2.05) is 0 Å². The number of fused-ring (bicyclic) bond motifs is 1. The predicted molar refractivity (Wildman–Crippen MR) is 122 cm³/mol. The van der Waals surface area contributed by atoms with Crippen LogP contribution in [0, 0.1) is 17.1 Å². The first-order chi connectivity index (χ1) is 15.6. The number of nitriles is 1. The first-order valence-corrected chi connectivity index (χ1v) is 10.4. The third-order valence-corrected chi connectivity index (χ3v) is 5.57. The van der Waals surface area contributed by atoms with E-state index in [4.69, 9.17) is 10.2 Å². The number of halogens is 2. The Hall–Kier alpha value is -4.09. The summed E-state index contributed by atoms with van der Waals surface area (Å²) in [4.78, 5) is 18.2. The molecule has 0 saturated carbocycles. The van der Waals surface area contributed by atoms with Crippen molar-refractivity contribution in [3.8, 4) is 28.8 Å². The van der Waals surface area contributed by atoms with Crippen LogP contribution in [0.15, 0.2) is 88.3 Å². The summed E-state index contributed by atoms with van der Waals surface area (Å²) in [5, 5.41) is 13.7. The summed E-state index contributed by atoms with van der Waals surface area (Å²) in [5.41, 5.74) is 1.82. The highest BCUT2D eigenvalue weighted by Crippen LogP contribution is 2.26. The molecule has 0 aliphatic carbocycles. The van der Waals surface area contributed by atoms with Crippen molar-refractivity contribution < 1.29 is 4.39 Å². The highest BCUT2D eigenvalue weighted by Gasteiger charge is 2.20. The molecule has 154 valence electrons. The van der Waals surface area contributed by atoms with E-state index in [2.05, 4.69) is 27.1 Å². The van der Waals surface area contributed by atoms with Crippen molar-refractivity contribution in [1.82, 2.24) is 19.3 Å². The van der Waals surface area contributed by atoms with Crippen molar-refractivity contribution >= 4 is 27.0 Å². The molecule has 5 aromatic rings. The van der Waals surface area contributed by atoms with Crippen molar-refractivity contribution in [3.63, 3.8) is 0 Å². The minimum absolute atomic E-state index is 0.165. The molecule has 32 heavy (non-hydrogen) atoms. The van der Waals surface area contributed by atoms with E-state index in [1.165, 1.54) is 21.5 Å². The monoisotopic (exact) mass is 485 g/mol. The Bertz CT molecular complexity index is 1560. The van der Waals surface area contributed by atoms with E-state index in [9.17, 15) is 9.18 Å². The fourth-order valence-electron chi connectivity index (χ4n) is 3.49. The van der Waals surface area contributed by atoms with Gasteiger partial charge in [0.25, 0.3) is 5.56 Å². The van der Waals surface area contributed by atoms with Gasteiger partial charge < -0.3 is 0 Å². The second kappa shape index (κ2) is 7.87. The Morgan fingerprint density at radius 3 is 2.31 bits per heavy atom. The Labute approximate surface area is 189 Å². The molecule has 0 atom stereocenters. The van der Waals surface area contributed by atoms with Crippen molar-refractivity contribution in [2.24, 2.45) is 0 Å². The van der Waals surface area contributed by atoms with Gasteiger partial charge in [-0.25, -0.2) is 14.1 Å². The summed E-state index contributed by atoms with van der Waals surface area (Å²) in [6.07, 6.45) is 1.45. The second-order valence-electron chi connectivity index (χ2n) is 6.98. The Morgan fingerprint density at radius 2 is 1.62 bits per heavy atom. The summed E-state index contributed by atoms with van der Waals surface area (Å²) in [5.74, 6) is -0.327. The lowest BCUT2D eigenvalue weighted by molar-refractivity contribution is 0.629. The van der Waals surface area contributed by atoms with E-state index in [0.29, 0.717) is 22.6 Å². The Morgan fingerprint density at radius 1 is 0.938 bits per heavy atom. The van der Waals surface area contributed by atoms with Crippen LogP contribution in [-0.4, -0.2) is 19.3 Å². The number of hydrogen-bond donors (Lipinski definition) is 0. The first kappa shape index (κ1) is 19.8. The van der Waals surface area contributed by atoms with Crippen LogP contribution < -0.4 is 5.56 Å². The van der Waals surface area contributed by atoms with E-state index in [-0.39, 0.29) is 22.3 Å². The van der Waals surface area contributed by atoms with Crippen molar-refractivity contribution in [2.45, 2.75) is 0 Å². The van der Waals surface area contributed by atoms with Crippen LogP contribution in [0.2, 0.25) is 0 Å². The van der Waals surface area contributed by atoms with Crippen molar-refractivity contribution in [2.75, 3.05) is 0 Å². The first-order valence-electron chi connectivity index (χ1n) is 9.59. The fourth-order valence-corrected chi connectivity index (χ4v) is 3.75. The summed E-state index contributed by atoms with van der Waals surface area (Å²) >= 11 is 3.39. The minimum Gasteiger partial charge on any atom is -0.268 e. The van der Waals surface area contributed by atoms with Gasteiger partial charge in [-0.3, -0.25) is 9.36 Å². The Kier molecular flexibility index (Phi) is 4.88. The quantitative estimate of drug-likeness (QED) is 0.359. The zero-order chi connectivity index (χ0) is 22.2. The average molecular weight is 486 g/mol. The van der Waals surface area contributed by atoms with Gasteiger partial charge >= 0.3 is 0 Å². The van der Waals surface area contributed by atoms with Crippen molar-refractivity contribution in [3.05, 3.63) is 105 Å². The van der Waals surface area contributed by atoms with Crippen LogP contribution >= 0.6 is 15.9 Å². The molecule has 5 rings (SSSR count). The van der Waals surface area contributed by atoms with Crippen molar-refractivity contribution in [1.29, 1.82) is 5.26 Å². The predicted octanol–water partition coefficient (Wildman–Crippen LogP) is 5.01. The van der Waals surface area contributed by atoms with Crippen LogP contribution in [-0.2, 0) is 0 Å². The molecule has 0 amide bonds. The van der Waals surface area contributed by atoms with E-state index >= 15 is 0 Å². The van der Waals surface area contributed by atoms with E-state index < -0.39 is 5.82 Å². The SMILES string of the molecule is N#Cc1ccc(-n2ncc3c(=O)n(-c4ccc(Br)cc4)c(-c4ccccc4F)nc32)cc1. The third-order valence-electron chi connectivity index (χ3n) is 5.04. The minimum atomic E-state index is -0.492. The smallest absolute Gasteiger partial charge is 0.268 e. The standard InChI is InChI=1S/C24H13BrFN5O/c25-16-7-11-17(12-8-16)30-22(19-3-1-2-4-21(19)26)29-23-20(24(30)32)14-28-31(23)18-9-5-15(13-27)6-10-18/h1-12,14H. The largest absolute Gasteiger partial charge is 0.269 e. The van der Waals surface area contributed by atoms with Gasteiger partial charge in [-0.2, -0.15) is 10.4 Å². The molecule has 6 nitrogen and oxygen atoms in total. The molecular weight excluding hydrogens is 473 g/mol. The molecule has 3 aromatic carbocycles. The molecule has 0 bridgehead atoms. The highest BCUT2D eigenvalue weighted by molar-refractivity contribution is 9.10. The molecule has 2 aromatic heterocycles. The van der Waals surface area contributed by atoms with Gasteiger partial charge in [0.15, 0.2) is 11.5 Å². The summed E-state index contributed by atoms with van der Waals surface area (Å²) in [6.45, 7) is 0. The lowest BCUT2D eigenvalue weighted by Gasteiger charge is -2.14. The van der Waals surface area contributed by atoms with Gasteiger partial charge in [0, 0.05) is 4.47 Å². The summed E-state index contributed by atoms with van der Waals surface area (Å²) < 4.78 is 18.5. The molecule has 0 aliphatic rings. The van der Waals surface area contributed by atoms with Crippen LogP contribution in [0.3, 0.4) is 0 Å². The maximum Gasteiger partial charge on any atom is 0.269 e. The Balaban J connectivity index is 1.84. The number of hydrogen-bond acceptors (Lipinski definition) is 4. The molecule has 0 spiro atoms. The van der Waals surface area contributed by atoms with E-state index in [1.54, 1.807) is 66.7 Å². The topological polar surface area (TPSA) is 76.5 Å². The molecule has 0 N–H and O–H groups in total. The van der Waals surface area contributed by atoms with Gasteiger partial charge in [-0.1, -0.05) is 28.1 Å². The molecule has 0 radical (unpaired) electrons. The van der Waals surface area contributed by atoms with Crippen LogP contribution in [0.5, 0.6) is 0 Å². The second-order valence-corrected chi connectivity index (χ2v) is 7.90. The van der Waals surface area contributed by atoms with E-state index in [0.717, 1.165) is 4.47 Å². The fraction of sp³-hybridized carbons (Fsp3) is 0. The molecule has 0 saturated heterocycles. The normalized spacial score (nSPS) is 10.9. The molecule has 0 aliphatic heterocycles. The highest BCUT2D eigenvalue weighted by atomic mass is 79.9. The van der Waals surface area contributed by atoms with Gasteiger partial charge in [-0.05, 0) is 60.7 Å². The van der Waals surface area contributed by atoms with Gasteiger partial charge in [-0.15, -0.1) is 0 Å². The van der Waals surface area contributed by atoms with Gasteiger partial charge in [0.2, 0.25) is 0 Å².